The number of β-amino-alcohol motifs (C(OH)–C–C–N with tert-alkyl or cyclic N) is 1. The van der Waals surface area contributed by atoms with Crippen molar-refractivity contribution in [3.05, 3.63) is 36.5 Å². The summed E-state index contributed by atoms with van der Waals surface area (Å²) in [4.78, 5) is 1.45. The van der Waals surface area contributed by atoms with Crippen LogP contribution in [0.1, 0.15) is 27.2 Å². The molecule has 1 aliphatic heterocycles. The van der Waals surface area contributed by atoms with Crippen LogP contribution >= 0.6 is 0 Å². The fourth-order valence-corrected chi connectivity index (χ4v) is 1.66. The van der Waals surface area contributed by atoms with Gasteiger partial charge >= 0.3 is 0 Å². The van der Waals surface area contributed by atoms with E-state index in [1.807, 2.05) is 13.8 Å². The summed E-state index contributed by atoms with van der Waals surface area (Å²) in [6.07, 6.45) is 6.72. The summed E-state index contributed by atoms with van der Waals surface area (Å²) in [7, 11) is 0. The Kier molecular flexibility index (Phi) is 7.78. The molecule has 1 unspecified atom stereocenters. The van der Waals surface area contributed by atoms with E-state index < -0.39 is 12.0 Å². The highest BCUT2D eigenvalue weighted by molar-refractivity contribution is 5.19. The van der Waals surface area contributed by atoms with Crippen LogP contribution in [0, 0.1) is 0 Å². The number of hydrogen-bond acceptors (Lipinski definition) is 4. The van der Waals surface area contributed by atoms with Crippen molar-refractivity contribution in [1.29, 1.82) is 0 Å². The lowest BCUT2D eigenvalue weighted by atomic mass is 10.2. The molecule has 1 rings (SSSR count). The molecule has 0 aromatic heterocycles. The van der Waals surface area contributed by atoms with E-state index in [0.717, 1.165) is 0 Å². The van der Waals surface area contributed by atoms with E-state index in [2.05, 4.69) is 6.58 Å². The summed E-state index contributed by atoms with van der Waals surface area (Å²) in [6.45, 7) is 9.92. The molecule has 1 heterocycles. The average molecular weight is 255 g/mol. The van der Waals surface area contributed by atoms with Crippen LogP contribution < -0.4 is 0 Å². The minimum Gasteiger partial charge on any atom is -0.392 e. The van der Waals surface area contributed by atoms with Crippen molar-refractivity contribution in [2.24, 2.45) is 0 Å². The van der Waals surface area contributed by atoms with Crippen LogP contribution in [0.3, 0.4) is 0 Å². The molecule has 1 fully saturated rings. The molecule has 3 N–H and O–H groups in total. The van der Waals surface area contributed by atoms with Crippen molar-refractivity contribution in [2.45, 2.75) is 39.2 Å². The third-order valence-electron chi connectivity index (χ3n) is 2.73. The Hall–Kier alpha value is -0.940. The Labute approximate surface area is 110 Å². The van der Waals surface area contributed by atoms with Gasteiger partial charge in [0.15, 0.2) is 0 Å². The number of allylic oxidation sites excluding steroid dienone is 4. The fraction of sp³-hybridized carbons (Fsp3) is 0.571. The number of hydrogen-bond donors (Lipinski definition) is 3. The molecular weight excluding hydrogens is 230 g/mol. The molecule has 0 saturated carbocycles. The maximum atomic E-state index is 9.94. The molecule has 0 bridgehead atoms. The summed E-state index contributed by atoms with van der Waals surface area (Å²) in [5.41, 5.74) is 0.416. The second-order valence-electron chi connectivity index (χ2n) is 3.99. The quantitative estimate of drug-likeness (QED) is 0.525. The van der Waals surface area contributed by atoms with E-state index in [1.165, 1.54) is 4.90 Å². The Morgan fingerprint density at radius 2 is 1.94 bits per heavy atom. The van der Waals surface area contributed by atoms with E-state index in [4.69, 9.17) is 0 Å². The molecule has 0 amide bonds. The summed E-state index contributed by atoms with van der Waals surface area (Å²) in [5, 5.41) is 29.2. The highest BCUT2D eigenvalue weighted by Gasteiger charge is 2.38. The minimum atomic E-state index is -1.98. The number of likely N-dealkylation sites (tertiary alicyclic amines) is 1. The van der Waals surface area contributed by atoms with E-state index >= 15 is 0 Å². The van der Waals surface area contributed by atoms with Gasteiger partial charge in [-0.15, -0.1) is 0 Å². The van der Waals surface area contributed by atoms with Crippen LogP contribution in [0.2, 0.25) is 0 Å². The first-order valence-electron chi connectivity index (χ1n) is 6.32. The first-order valence-corrected chi connectivity index (χ1v) is 6.32. The van der Waals surface area contributed by atoms with Gasteiger partial charge in [0, 0.05) is 18.7 Å². The molecule has 0 radical (unpaired) electrons. The molecule has 4 heteroatoms. The number of nitrogens with zero attached hydrogens (tertiary/aromatic N) is 1. The van der Waals surface area contributed by atoms with Crippen LogP contribution in [0.5, 0.6) is 0 Å². The number of aliphatic hydroxyl groups is 3. The minimum absolute atomic E-state index is 0.281. The molecule has 4 nitrogen and oxygen atoms in total. The highest BCUT2D eigenvalue weighted by Crippen LogP contribution is 2.23. The van der Waals surface area contributed by atoms with Gasteiger partial charge < -0.3 is 15.3 Å². The Balaban J connectivity index is 0.00000137. The Bertz CT molecular complexity index is 308. The van der Waals surface area contributed by atoms with Crippen LogP contribution in [0.25, 0.3) is 0 Å². The van der Waals surface area contributed by atoms with Crippen molar-refractivity contribution in [3.8, 4) is 0 Å². The topological polar surface area (TPSA) is 63.9 Å². The second-order valence-corrected chi connectivity index (χ2v) is 3.99. The lowest BCUT2D eigenvalue weighted by Gasteiger charge is -2.32. The monoisotopic (exact) mass is 255 g/mol. The maximum Gasteiger partial charge on any atom is 0.249 e. The van der Waals surface area contributed by atoms with Crippen LogP contribution in [0.4, 0.5) is 0 Å². The van der Waals surface area contributed by atoms with E-state index in [0.29, 0.717) is 18.5 Å². The molecule has 1 saturated heterocycles. The largest absolute Gasteiger partial charge is 0.392 e. The molecular formula is C14H25NO3. The number of aliphatic hydroxyl groups excluding tert-OH is 1. The van der Waals surface area contributed by atoms with Gasteiger partial charge in [-0.3, -0.25) is 0 Å². The summed E-state index contributed by atoms with van der Waals surface area (Å²) in [5.74, 6) is -1.98. The molecule has 0 aromatic carbocycles. The third-order valence-corrected chi connectivity index (χ3v) is 2.73. The number of rotatable bonds is 4. The first-order chi connectivity index (χ1) is 8.48. The molecule has 1 aliphatic rings. The fourth-order valence-electron chi connectivity index (χ4n) is 1.66. The van der Waals surface area contributed by atoms with Gasteiger partial charge in [-0.25, -0.2) is 4.90 Å². The Morgan fingerprint density at radius 3 is 2.39 bits per heavy atom. The van der Waals surface area contributed by atoms with Gasteiger partial charge in [0.05, 0.1) is 6.10 Å². The van der Waals surface area contributed by atoms with Gasteiger partial charge in [-0.1, -0.05) is 44.7 Å². The van der Waals surface area contributed by atoms with Crippen molar-refractivity contribution in [2.75, 3.05) is 13.1 Å². The smallest absolute Gasteiger partial charge is 0.249 e. The lowest BCUT2D eigenvalue weighted by Crippen LogP contribution is -2.48. The zero-order valence-electron chi connectivity index (χ0n) is 11.5. The van der Waals surface area contributed by atoms with Crippen LogP contribution in [-0.2, 0) is 0 Å². The lowest BCUT2D eigenvalue weighted by molar-refractivity contribution is -0.229. The molecule has 0 spiro atoms. The second kappa shape index (κ2) is 8.21. The zero-order chi connectivity index (χ0) is 14.2. The van der Waals surface area contributed by atoms with Gasteiger partial charge in [-0.05, 0) is 13.3 Å². The van der Waals surface area contributed by atoms with Crippen molar-refractivity contribution in [3.63, 3.8) is 0 Å². The van der Waals surface area contributed by atoms with Crippen LogP contribution in [-0.4, -0.2) is 45.3 Å². The normalized spacial score (nSPS) is 21.9. The highest BCUT2D eigenvalue weighted by atomic mass is 16.5. The van der Waals surface area contributed by atoms with Gasteiger partial charge in [0.2, 0.25) is 5.91 Å². The van der Waals surface area contributed by atoms with Crippen molar-refractivity contribution < 1.29 is 15.3 Å². The summed E-state index contributed by atoms with van der Waals surface area (Å²) >= 11 is 0. The Morgan fingerprint density at radius 1 is 1.33 bits per heavy atom. The SMILES string of the molecule is C=C/C=C\C=C(/C)C(O)(O)N1CCC(O)C1.CC. The first kappa shape index (κ1) is 17.1. The van der Waals surface area contributed by atoms with Crippen LogP contribution in [0.15, 0.2) is 36.5 Å². The van der Waals surface area contributed by atoms with Gasteiger partial charge in [0.25, 0.3) is 0 Å². The van der Waals surface area contributed by atoms with Gasteiger partial charge in [0.1, 0.15) is 0 Å². The van der Waals surface area contributed by atoms with E-state index in [9.17, 15) is 15.3 Å². The predicted octanol–water partition coefficient (Wildman–Crippen LogP) is 1.41. The molecule has 0 aromatic rings. The summed E-state index contributed by atoms with van der Waals surface area (Å²) < 4.78 is 0. The average Bonchev–Trinajstić information content (AvgIpc) is 2.79. The van der Waals surface area contributed by atoms with E-state index in [-0.39, 0.29) is 6.54 Å². The molecule has 0 aliphatic carbocycles. The van der Waals surface area contributed by atoms with Gasteiger partial charge in [-0.2, -0.15) is 0 Å². The maximum absolute atomic E-state index is 9.94. The molecule has 104 valence electrons. The molecule has 1 atom stereocenters. The van der Waals surface area contributed by atoms with E-state index in [1.54, 1.807) is 31.2 Å². The zero-order valence-corrected chi connectivity index (χ0v) is 11.5. The standard InChI is InChI=1S/C12H19NO3.C2H6/c1-3-4-5-6-10(2)12(15,16)13-8-7-11(14)9-13;1-2/h3-6,11,14-16H,1,7-9H2,2H3;1-2H3/b5-4-,10-6+;. The third kappa shape index (κ3) is 4.74. The van der Waals surface area contributed by atoms with Crippen molar-refractivity contribution >= 4 is 0 Å². The van der Waals surface area contributed by atoms with Crippen molar-refractivity contribution in [1.82, 2.24) is 4.90 Å². The molecule has 18 heavy (non-hydrogen) atoms. The summed E-state index contributed by atoms with van der Waals surface area (Å²) in [6, 6.07) is 0. The predicted molar refractivity (Wildman–Crippen MR) is 73.8 cm³/mol.